The lowest BCUT2D eigenvalue weighted by atomic mass is 9.81. The van der Waals surface area contributed by atoms with E-state index in [2.05, 4.69) is 10.3 Å². The van der Waals surface area contributed by atoms with E-state index in [4.69, 9.17) is 11.6 Å². The fourth-order valence-electron chi connectivity index (χ4n) is 2.95. The van der Waals surface area contributed by atoms with Crippen molar-refractivity contribution in [2.24, 2.45) is 0 Å². The lowest BCUT2D eigenvalue weighted by Crippen LogP contribution is -2.56. The third-order valence-electron chi connectivity index (χ3n) is 4.17. The number of carbonyl (C=O) groups is 2. The Morgan fingerprint density at radius 3 is 2.67 bits per heavy atom. The highest BCUT2D eigenvalue weighted by Gasteiger charge is 2.40. The van der Waals surface area contributed by atoms with Gasteiger partial charge in [0.25, 0.3) is 0 Å². The molecule has 5 nitrogen and oxygen atoms in total. The molecular formula is C16H17ClN2O3S2. The Hall–Kier alpha value is -1.44. The number of thiophene rings is 1. The van der Waals surface area contributed by atoms with Gasteiger partial charge in [0.1, 0.15) is 10.5 Å². The molecule has 0 aliphatic heterocycles. The van der Waals surface area contributed by atoms with Crippen LogP contribution in [0.1, 0.15) is 37.8 Å². The summed E-state index contributed by atoms with van der Waals surface area (Å²) in [5, 5.41) is 14.9. The van der Waals surface area contributed by atoms with E-state index >= 15 is 0 Å². The molecule has 0 saturated heterocycles. The summed E-state index contributed by atoms with van der Waals surface area (Å²) in [6.45, 7) is 0. The third kappa shape index (κ3) is 3.79. The largest absolute Gasteiger partial charge is 0.480 e. The molecule has 1 aliphatic rings. The van der Waals surface area contributed by atoms with Crippen LogP contribution in [0.2, 0.25) is 4.34 Å². The standard InChI is InChI=1S/C16H17ClN2O3S2/c17-12-5-4-11(24-12)14-18-10(9-23-14)8-13(20)19-16(15(21)22)6-2-1-3-7-16/h4-5,9H,1-3,6-8H2,(H,19,20)(H,21,22). The number of rotatable bonds is 5. The van der Waals surface area contributed by atoms with Crippen molar-refractivity contribution in [3.8, 4) is 9.88 Å². The third-order valence-corrected chi connectivity index (χ3v) is 6.46. The molecule has 8 heteroatoms. The summed E-state index contributed by atoms with van der Waals surface area (Å²) in [5.41, 5.74) is -0.469. The van der Waals surface area contributed by atoms with Crippen LogP contribution in [0, 0.1) is 0 Å². The van der Waals surface area contributed by atoms with Gasteiger partial charge in [-0.05, 0) is 25.0 Å². The second-order valence-electron chi connectivity index (χ2n) is 5.92. The number of carboxylic acid groups (broad SMARTS) is 1. The number of aliphatic carboxylic acids is 1. The molecule has 0 unspecified atom stereocenters. The van der Waals surface area contributed by atoms with Crippen molar-refractivity contribution < 1.29 is 14.7 Å². The average molecular weight is 385 g/mol. The molecule has 2 N–H and O–H groups in total. The average Bonchev–Trinajstić information content (AvgIpc) is 3.17. The monoisotopic (exact) mass is 384 g/mol. The van der Waals surface area contributed by atoms with Gasteiger partial charge in [0.15, 0.2) is 0 Å². The van der Waals surface area contributed by atoms with Crippen molar-refractivity contribution in [1.82, 2.24) is 10.3 Å². The molecule has 0 atom stereocenters. The molecule has 0 radical (unpaired) electrons. The number of nitrogens with zero attached hydrogens (tertiary/aromatic N) is 1. The Morgan fingerprint density at radius 2 is 2.04 bits per heavy atom. The first-order valence-electron chi connectivity index (χ1n) is 7.73. The molecule has 0 bridgehead atoms. The van der Waals surface area contributed by atoms with Crippen molar-refractivity contribution >= 4 is 46.2 Å². The maximum atomic E-state index is 12.3. The number of halogens is 1. The smallest absolute Gasteiger partial charge is 0.329 e. The van der Waals surface area contributed by atoms with Crippen LogP contribution in [-0.2, 0) is 16.0 Å². The molecule has 24 heavy (non-hydrogen) atoms. The minimum atomic E-state index is -1.12. The molecule has 1 saturated carbocycles. The zero-order valence-corrected chi connectivity index (χ0v) is 15.3. The first kappa shape index (κ1) is 17.4. The van der Waals surface area contributed by atoms with E-state index in [1.807, 2.05) is 17.5 Å². The minimum Gasteiger partial charge on any atom is -0.480 e. The van der Waals surface area contributed by atoms with Gasteiger partial charge >= 0.3 is 5.97 Å². The van der Waals surface area contributed by atoms with Crippen molar-refractivity contribution in [3.05, 3.63) is 27.5 Å². The lowest BCUT2D eigenvalue weighted by molar-refractivity contribution is -0.149. The Labute approximate surface area is 152 Å². The topological polar surface area (TPSA) is 79.3 Å². The van der Waals surface area contributed by atoms with Crippen molar-refractivity contribution in [3.63, 3.8) is 0 Å². The van der Waals surface area contributed by atoms with Gasteiger partial charge in [-0.3, -0.25) is 4.79 Å². The van der Waals surface area contributed by atoms with Gasteiger partial charge in [0.2, 0.25) is 5.91 Å². The summed E-state index contributed by atoms with van der Waals surface area (Å²) >= 11 is 8.82. The number of amides is 1. The van der Waals surface area contributed by atoms with E-state index in [-0.39, 0.29) is 12.3 Å². The van der Waals surface area contributed by atoms with Gasteiger partial charge < -0.3 is 10.4 Å². The Morgan fingerprint density at radius 1 is 1.29 bits per heavy atom. The van der Waals surface area contributed by atoms with Crippen molar-refractivity contribution in [2.45, 2.75) is 44.1 Å². The normalized spacial score (nSPS) is 16.7. The van der Waals surface area contributed by atoms with Gasteiger partial charge in [0, 0.05) is 5.38 Å². The quantitative estimate of drug-likeness (QED) is 0.817. The van der Waals surface area contributed by atoms with E-state index in [0.29, 0.717) is 22.9 Å². The highest BCUT2D eigenvalue weighted by atomic mass is 35.5. The zero-order valence-electron chi connectivity index (χ0n) is 12.9. The van der Waals surface area contributed by atoms with Crippen LogP contribution in [0.3, 0.4) is 0 Å². The van der Waals surface area contributed by atoms with Crippen LogP contribution in [0.25, 0.3) is 9.88 Å². The van der Waals surface area contributed by atoms with Crippen LogP contribution in [-0.4, -0.2) is 27.5 Å². The van der Waals surface area contributed by atoms with E-state index in [1.165, 1.54) is 22.7 Å². The number of nitrogens with one attached hydrogen (secondary N) is 1. The molecule has 1 aliphatic carbocycles. The maximum absolute atomic E-state index is 12.3. The number of hydrogen-bond donors (Lipinski definition) is 2. The summed E-state index contributed by atoms with van der Waals surface area (Å²) in [6.07, 6.45) is 3.74. The number of carboxylic acids is 1. The van der Waals surface area contributed by atoms with E-state index in [1.54, 1.807) is 0 Å². The molecular weight excluding hydrogens is 368 g/mol. The SMILES string of the molecule is O=C(Cc1csc(-c2ccc(Cl)s2)n1)NC1(C(=O)O)CCCCC1. The number of aromatic nitrogens is 1. The van der Waals surface area contributed by atoms with Gasteiger partial charge in [-0.2, -0.15) is 0 Å². The van der Waals surface area contributed by atoms with Gasteiger partial charge in [-0.15, -0.1) is 22.7 Å². The van der Waals surface area contributed by atoms with E-state index in [9.17, 15) is 14.7 Å². The summed E-state index contributed by atoms with van der Waals surface area (Å²) in [5.74, 6) is -1.23. The Balaban J connectivity index is 1.66. The summed E-state index contributed by atoms with van der Waals surface area (Å²) in [7, 11) is 0. The van der Waals surface area contributed by atoms with E-state index in [0.717, 1.165) is 29.1 Å². The molecule has 2 heterocycles. The van der Waals surface area contributed by atoms with Crippen molar-refractivity contribution in [1.29, 1.82) is 0 Å². The fourth-order valence-corrected chi connectivity index (χ4v) is 4.89. The first-order chi connectivity index (χ1) is 11.5. The minimum absolute atomic E-state index is 0.0879. The van der Waals surface area contributed by atoms with Crippen LogP contribution in [0.4, 0.5) is 0 Å². The summed E-state index contributed by atoms with van der Waals surface area (Å²) < 4.78 is 0.695. The molecule has 3 rings (SSSR count). The Bertz CT molecular complexity index is 750. The fraction of sp³-hybridized carbons (Fsp3) is 0.438. The maximum Gasteiger partial charge on any atom is 0.329 e. The molecule has 1 fully saturated rings. The van der Waals surface area contributed by atoms with Crippen LogP contribution in [0.5, 0.6) is 0 Å². The number of thiazole rings is 1. The first-order valence-corrected chi connectivity index (χ1v) is 9.80. The molecule has 1 amide bonds. The number of carbonyl (C=O) groups excluding carboxylic acids is 1. The van der Waals surface area contributed by atoms with Gasteiger partial charge in [0.05, 0.1) is 21.3 Å². The predicted molar refractivity (Wildman–Crippen MR) is 95.7 cm³/mol. The van der Waals surface area contributed by atoms with Crippen LogP contribution >= 0.6 is 34.3 Å². The second-order valence-corrected chi connectivity index (χ2v) is 8.49. The van der Waals surface area contributed by atoms with Crippen LogP contribution < -0.4 is 5.32 Å². The number of hydrogen-bond acceptors (Lipinski definition) is 5. The molecule has 0 spiro atoms. The zero-order chi connectivity index (χ0) is 17.2. The van der Waals surface area contributed by atoms with Gasteiger partial charge in [-0.1, -0.05) is 30.9 Å². The highest BCUT2D eigenvalue weighted by molar-refractivity contribution is 7.23. The van der Waals surface area contributed by atoms with Crippen LogP contribution in [0.15, 0.2) is 17.5 Å². The highest BCUT2D eigenvalue weighted by Crippen LogP contribution is 2.33. The summed E-state index contributed by atoms with van der Waals surface area (Å²) in [4.78, 5) is 29.3. The van der Waals surface area contributed by atoms with E-state index < -0.39 is 11.5 Å². The predicted octanol–water partition coefficient (Wildman–Crippen LogP) is 3.97. The Kier molecular flexibility index (Phi) is 5.22. The van der Waals surface area contributed by atoms with Crippen molar-refractivity contribution in [2.75, 3.05) is 0 Å². The molecule has 0 aromatic carbocycles. The van der Waals surface area contributed by atoms with Gasteiger partial charge in [-0.25, -0.2) is 9.78 Å². The second kappa shape index (κ2) is 7.21. The molecule has 2 aromatic heterocycles. The summed E-state index contributed by atoms with van der Waals surface area (Å²) in [6, 6.07) is 3.71. The lowest BCUT2D eigenvalue weighted by Gasteiger charge is -2.33. The molecule has 128 valence electrons. The molecule has 2 aromatic rings.